The van der Waals surface area contributed by atoms with E-state index in [0.717, 1.165) is 5.56 Å². The first-order valence-corrected chi connectivity index (χ1v) is 13.3. The Hall–Kier alpha value is -3.39. The van der Waals surface area contributed by atoms with E-state index in [9.17, 15) is 25.2 Å². The Morgan fingerprint density at radius 3 is 2.51 bits per heavy atom. The second-order valence-corrected chi connectivity index (χ2v) is 10.5. The van der Waals surface area contributed by atoms with Gasteiger partial charge in [-0.1, -0.05) is 6.58 Å². The Morgan fingerprint density at radius 2 is 1.78 bits per heavy atom. The molecule has 220 valence electrons. The van der Waals surface area contributed by atoms with E-state index in [1.165, 1.54) is 14.2 Å². The lowest BCUT2D eigenvalue weighted by Crippen LogP contribution is -2.59. The lowest BCUT2D eigenvalue weighted by atomic mass is 9.81. The number of ether oxygens (including phenoxy) is 7. The van der Waals surface area contributed by atoms with Crippen molar-refractivity contribution in [2.24, 2.45) is 0 Å². The number of carbonyl (C=O) groups excluding carboxylic acids is 1. The van der Waals surface area contributed by atoms with Crippen molar-refractivity contribution in [3.05, 3.63) is 53.1 Å². The molecule has 12 nitrogen and oxygen atoms in total. The number of aliphatic hydroxyl groups is 4. The van der Waals surface area contributed by atoms with Gasteiger partial charge in [-0.3, -0.25) is 4.79 Å². The van der Waals surface area contributed by atoms with E-state index >= 15 is 0 Å². The minimum atomic E-state index is -1.55. The summed E-state index contributed by atoms with van der Waals surface area (Å²) < 4.78 is 40.3. The molecule has 6 rings (SSSR count). The number of ketones is 1. The van der Waals surface area contributed by atoms with Gasteiger partial charge >= 0.3 is 0 Å². The molecule has 0 aliphatic carbocycles. The third kappa shape index (κ3) is 4.60. The van der Waals surface area contributed by atoms with Crippen LogP contribution in [0.1, 0.15) is 27.4 Å². The van der Waals surface area contributed by atoms with Crippen molar-refractivity contribution < 1.29 is 58.4 Å². The van der Waals surface area contributed by atoms with Crippen LogP contribution < -0.4 is 23.7 Å². The standard InChI is InChI=1S/C29H32O12/c1-12(10-38-29-27(34)26(33)25(32)21(9-30)41-29)17-7-15-16(39-17)5-4-13-24(31)23-14-6-19(35-2)20(36-3)8-18(14)37-11-22(23)40-28(13)15/h4-6,8,17,21-23,25-27,29-30,32-34H,1,7,9-11H2,2-3H3/t17-,21-,22-,23+,25-,26+,27-,29-/m0/s1. The molecule has 4 heterocycles. The maximum atomic E-state index is 13.8. The predicted octanol–water partition coefficient (Wildman–Crippen LogP) is 0.500. The van der Waals surface area contributed by atoms with Crippen LogP contribution in [0.2, 0.25) is 0 Å². The van der Waals surface area contributed by atoms with Gasteiger partial charge in [0.1, 0.15) is 60.5 Å². The topological polar surface area (TPSA) is 163 Å². The highest BCUT2D eigenvalue weighted by Crippen LogP contribution is 2.50. The Balaban J connectivity index is 1.18. The molecular formula is C29H32O12. The molecule has 0 saturated carbocycles. The van der Waals surface area contributed by atoms with Crippen LogP contribution in [-0.2, 0) is 15.9 Å². The summed E-state index contributed by atoms with van der Waals surface area (Å²) in [6.45, 7) is 3.57. The average Bonchev–Trinajstić information content (AvgIpc) is 3.44. The molecule has 41 heavy (non-hydrogen) atoms. The molecule has 1 saturated heterocycles. The summed E-state index contributed by atoms with van der Waals surface area (Å²) in [5.41, 5.74) is 2.36. The van der Waals surface area contributed by atoms with Gasteiger partial charge in [0.2, 0.25) is 0 Å². The molecule has 4 aliphatic heterocycles. The third-order valence-electron chi connectivity index (χ3n) is 8.06. The van der Waals surface area contributed by atoms with Gasteiger partial charge in [0.05, 0.1) is 38.9 Å². The van der Waals surface area contributed by atoms with E-state index in [1.807, 2.05) is 0 Å². The predicted molar refractivity (Wildman–Crippen MR) is 140 cm³/mol. The summed E-state index contributed by atoms with van der Waals surface area (Å²) in [4.78, 5) is 13.8. The lowest BCUT2D eigenvalue weighted by molar-refractivity contribution is -0.299. The van der Waals surface area contributed by atoms with Gasteiger partial charge in [-0.2, -0.15) is 0 Å². The summed E-state index contributed by atoms with van der Waals surface area (Å²) in [6, 6.07) is 6.89. The third-order valence-corrected chi connectivity index (χ3v) is 8.06. The number of hydrogen-bond donors (Lipinski definition) is 4. The van der Waals surface area contributed by atoms with Crippen LogP contribution in [-0.4, -0.2) is 103 Å². The summed E-state index contributed by atoms with van der Waals surface area (Å²) in [6.07, 6.45) is -7.62. The minimum absolute atomic E-state index is 0.0933. The molecule has 0 aromatic heterocycles. The second kappa shape index (κ2) is 10.8. The first kappa shape index (κ1) is 27.8. The smallest absolute Gasteiger partial charge is 0.187 e. The number of carbonyl (C=O) groups is 1. The zero-order valence-electron chi connectivity index (χ0n) is 22.5. The van der Waals surface area contributed by atoms with Crippen molar-refractivity contribution in [3.63, 3.8) is 0 Å². The Labute approximate surface area is 235 Å². The van der Waals surface area contributed by atoms with Crippen LogP contribution in [0.25, 0.3) is 0 Å². The van der Waals surface area contributed by atoms with E-state index in [4.69, 9.17) is 33.2 Å². The lowest BCUT2D eigenvalue weighted by Gasteiger charge is -2.39. The highest BCUT2D eigenvalue weighted by Gasteiger charge is 2.47. The Morgan fingerprint density at radius 1 is 1.02 bits per heavy atom. The van der Waals surface area contributed by atoms with Crippen LogP contribution >= 0.6 is 0 Å². The molecule has 0 spiro atoms. The van der Waals surface area contributed by atoms with Crippen molar-refractivity contribution in [2.45, 2.75) is 55.3 Å². The van der Waals surface area contributed by atoms with Crippen molar-refractivity contribution in [1.29, 1.82) is 0 Å². The number of aliphatic hydroxyl groups excluding tert-OH is 4. The van der Waals surface area contributed by atoms with Gasteiger partial charge in [0.15, 0.2) is 23.6 Å². The van der Waals surface area contributed by atoms with Crippen LogP contribution in [0, 0.1) is 0 Å². The molecular weight excluding hydrogens is 540 g/mol. The highest BCUT2D eigenvalue weighted by molar-refractivity contribution is 6.06. The average molecular weight is 573 g/mol. The van der Waals surface area contributed by atoms with E-state index in [0.29, 0.717) is 51.9 Å². The summed E-state index contributed by atoms with van der Waals surface area (Å²) in [7, 11) is 3.06. The Bertz CT molecular complexity index is 1360. The van der Waals surface area contributed by atoms with Gasteiger partial charge in [0, 0.05) is 23.6 Å². The molecule has 0 amide bonds. The zero-order chi connectivity index (χ0) is 29.0. The van der Waals surface area contributed by atoms with Crippen LogP contribution in [0.15, 0.2) is 36.4 Å². The van der Waals surface area contributed by atoms with Gasteiger partial charge in [-0.15, -0.1) is 0 Å². The number of hydrogen-bond acceptors (Lipinski definition) is 12. The molecule has 1 fully saturated rings. The molecule has 8 atom stereocenters. The summed E-state index contributed by atoms with van der Waals surface area (Å²) in [5, 5.41) is 39.6. The molecule has 0 radical (unpaired) electrons. The molecule has 12 heteroatoms. The van der Waals surface area contributed by atoms with Gasteiger partial charge in [0.25, 0.3) is 0 Å². The molecule has 0 bridgehead atoms. The SMILES string of the molecule is C=C(CO[C@H]1O[C@@H](CO)[C@H](O)[C@@H](O)[C@@H]1O)[C@@H]1Cc2c(ccc3c2O[C@H]2COc4cc(OC)c(OC)cc4[C@H]2C3=O)O1. The van der Waals surface area contributed by atoms with E-state index < -0.39 is 55.4 Å². The fraction of sp³-hybridized carbons (Fsp3) is 0.483. The Kier molecular flexibility index (Phi) is 7.30. The molecule has 2 aromatic carbocycles. The zero-order valence-corrected chi connectivity index (χ0v) is 22.5. The molecule has 4 N–H and O–H groups in total. The fourth-order valence-electron chi connectivity index (χ4n) is 5.78. The number of methoxy groups -OCH3 is 2. The quantitative estimate of drug-likeness (QED) is 0.341. The van der Waals surface area contributed by atoms with Crippen molar-refractivity contribution in [1.82, 2.24) is 0 Å². The molecule has 4 aliphatic rings. The fourth-order valence-corrected chi connectivity index (χ4v) is 5.78. The first-order chi connectivity index (χ1) is 19.7. The number of benzene rings is 2. The van der Waals surface area contributed by atoms with E-state index in [2.05, 4.69) is 6.58 Å². The maximum Gasteiger partial charge on any atom is 0.187 e. The van der Waals surface area contributed by atoms with Crippen LogP contribution in [0.5, 0.6) is 28.7 Å². The number of Topliss-reactive ketones (excluding diaryl/α,β-unsaturated/α-hetero) is 1. The number of fused-ring (bicyclic) bond motifs is 6. The van der Waals surface area contributed by atoms with Crippen molar-refractivity contribution in [2.75, 3.05) is 34.0 Å². The van der Waals surface area contributed by atoms with Crippen molar-refractivity contribution >= 4 is 5.78 Å². The van der Waals surface area contributed by atoms with Gasteiger partial charge in [-0.25, -0.2) is 0 Å². The highest BCUT2D eigenvalue weighted by atomic mass is 16.7. The van der Waals surface area contributed by atoms with Crippen LogP contribution in [0.3, 0.4) is 0 Å². The number of rotatable bonds is 7. The van der Waals surface area contributed by atoms with E-state index in [1.54, 1.807) is 24.3 Å². The summed E-state index contributed by atoms with van der Waals surface area (Å²) >= 11 is 0. The first-order valence-electron chi connectivity index (χ1n) is 13.3. The largest absolute Gasteiger partial charge is 0.493 e. The normalized spacial score (nSPS) is 31.4. The summed E-state index contributed by atoms with van der Waals surface area (Å²) in [5.74, 6) is 1.87. The monoisotopic (exact) mass is 572 g/mol. The van der Waals surface area contributed by atoms with Gasteiger partial charge < -0.3 is 53.6 Å². The van der Waals surface area contributed by atoms with E-state index in [-0.39, 0.29) is 19.0 Å². The van der Waals surface area contributed by atoms with Crippen LogP contribution in [0.4, 0.5) is 0 Å². The van der Waals surface area contributed by atoms with Crippen molar-refractivity contribution in [3.8, 4) is 28.7 Å². The molecule has 2 aromatic rings. The molecule has 0 unspecified atom stereocenters. The van der Waals surface area contributed by atoms with Gasteiger partial charge in [-0.05, 0) is 23.8 Å². The minimum Gasteiger partial charge on any atom is -0.493 e. The maximum absolute atomic E-state index is 13.8. The second-order valence-electron chi connectivity index (χ2n) is 10.5.